The van der Waals surface area contributed by atoms with E-state index in [-0.39, 0.29) is 11.1 Å². The van der Waals surface area contributed by atoms with Crippen molar-refractivity contribution in [2.24, 2.45) is 0 Å². The Balaban J connectivity index is 1.72. The molecule has 0 bridgehead atoms. The molecule has 1 aromatic heterocycles. The molecule has 3 aromatic rings. The summed E-state index contributed by atoms with van der Waals surface area (Å²) in [5.41, 5.74) is -1.50. The lowest BCUT2D eigenvalue weighted by Crippen LogP contribution is -2.46. The fraction of sp³-hybridized carbons (Fsp3) is 0.240. The summed E-state index contributed by atoms with van der Waals surface area (Å²) in [4.78, 5) is 63.1. The highest BCUT2D eigenvalue weighted by molar-refractivity contribution is 5.95. The average Bonchev–Trinajstić information content (AvgIpc) is 3.20. The zero-order valence-electron chi connectivity index (χ0n) is 19.3. The van der Waals surface area contributed by atoms with Crippen molar-refractivity contribution in [3.8, 4) is 0 Å². The lowest BCUT2D eigenvalue weighted by molar-refractivity contribution is -0.191. The van der Waals surface area contributed by atoms with E-state index in [0.29, 0.717) is 4.57 Å². The minimum atomic E-state index is -1.43. The normalized spacial score (nSPS) is 21.1. The van der Waals surface area contributed by atoms with Crippen LogP contribution in [-0.4, -0.2) is 52.6 Å². The van der Waals surface area contributed by atoms with Crippen LogP contribution in [0.25, 0.3) is 0 Å². The molecule has 0 aliphatic carbocycles. The van der Waals surface area contributed by atoms with Crippen molar-refractivity contribution >= 4 is 17.8 Å². The van der Waals surface area contributed by atoms with Crippen molar-refractivity contribution in [1.29, 1.82) is 0 Å². The molecule has 36 heavy (non-hydrogen) atoms. The molecule has 11 heteroatoms. The molecular weight excluding hydrogens is 472 g/mol. The van der Waals surface area contributed by atoms with Crippen LogP contribution in [-0.2, 0) is 23.7 Å². The van der Waals surface area contributed by atoms with E-state index >= 15 is 0 Å². The summed E-state index contributed by atoms with van der Waals surface area (Å²) in [6, 6.07) is 16.9. The van der Waals surface area contributed by atoms with E-state index in [0.717, 1.165) is 23.8 Å². The number of benzene rings is 2. The van der Waals surface area contributed by atoms with Crippen LogP contribution in [0.2, 0.25) is 0 Å². The summed E-state index contributed by atoms with van der Waals surface area (Å²) in [6.07, 6.45) is -4.02. The van der Waals surface area contributed by atoms with Gasteiger partial charge in [0.2, 0.25) is 6.29 Å². The lowest BCUT2D eigenvalue weighted by atomic mass is 10.2. The Morgan fingerprint density at radius 2 is 1.44 bits per heavy atom. The van der Waals surface area contributed by atoms with Crippen molar-refractivity contribution in [1.82, 2.24) is 9.13 Å². The van der Waals surface area contributed by atoms with Crippen LogP contribution in [0.15, 0.2) is 82.5 Å². The van der Waals surface area contributed by atoms with Gasteiger partial charge in [-0.05, 0) is 24.3 Å². The highest BCUT2D eigenvalue weighted by Crippen LogP contribution is 2.33. The number of hydrogen-bond donors (Lipinski definition) is 0. The summed E-state index contributed by atoms with van der Waals surface area (Å²) in [5, 5.41) is 0. The van der Waals surface area contributed by atoms with Crippen molar-refractivity contribution in [2.45, 2.75) is 31.6 Å². The van der Waals surface area contributed by atoms with E-state index in [1.807, 2.05) is 0 Å². The molecule has 1 fully saturated rings. The quantitative estimate of drug-likeness (QED) is 0.466. The third-order valence-corrected chi connectivity index (χ3v) is 5.46. The molecule has 1 aliphatic rings. The maximum Gasteiger partial charge on any atom is 0.340 e. The monoisotopic (exact) mass is 494 g/mol. The van der Waals surface area contributed by atoms with Gasteiger partial charge in [-0.15, -0.1) is 0 Å². The largest absolute Gasteiger partial charge is 0.449 e. The Morgan fingerprint density at radius 3 is 2.03 bits per heavy atom. The van der Waals surface area contributed by atoms with Gasteiger partial charge in [0.1, 0.15) is 6.10 Å². The average molecular weight is 494 g/mol. The van der Waals surface area contributed by atoms with Gasteiger partial charge in [0.15, 0.2) is 12.3 Å². The van der Waals surface area contributed by atoms with Crippen LogP contribution >= 0.6 is 0 Å². The summed E-state index contributed by atoms with van der Waals surface area (Å²) in [6.45, 7) is 1.14. The van der Waals surface area contributed by atoms with E-state index in [1.165, 1.54) is 31.4 Å². The van der Waals surface area contributed by atoms with E-state index < -0.39 is 53.8 Å². The van der Waals surface area contributed by atoms with Crippen molar-refractivity contribution < 1.29 is 33.3 Å². The highest BCUT2D eigenvalue weighted by Gasteiger charge is 2.51. The number of rotatable bonds is 6. The number of aromatic nitrogens is 2. The predicted molar refractivity (Wildman–Crippen MR) is 123 cm³/mol. The second kappa shape index (κ2) is 10.5. The van der Waals surface area contributed by atoms with Crippen molar-refractivity contribution in [3.05, 3.63) is 105 Å². The first kappa shape index (κ1) is 24.8. The van der Waals surface area contributed by atoms with Crippen LogP contribution < -0.4 is 11.2 Å². The fourth-order valence-corrected chi connectivity index (χ4v) is 3.81. The molecule has 1 saturated heterocycles. The van der Waals surface area contributed by atoms with Crippen LogP contribution in [0.4, 0.5) is 0 Å². The van der Waals surface area contributed by atoms with Gasteiger partial charge in [0.25, 0.3) is 11.5 Å². The number of carbonyl (C=O) groups excluding carboxylic acids is 3. The third kappa shape index (κ3) is 4.88. The standard InChI is InChI=1S/C25H22N2O9/c1-15(28)34-24-20(35-23(31)17-11-7-4-8-12-17)19(33-2)22(36-24)26-14-13-18(29)27(25(26)32)21(30)16-9-5-3-6-10-16/h3-14,19-20,22,24H,1-2H3. The zero-order chi connectivity index (χ0) is 25.8. The molecule has 0 saturated carbocycles. The van der Waals surface area contributed by atoms with Crippen LogP contribution in [0.3, 0.4) is 0 Å². The Hall–Kier alpha value is -4.35. The molecule has 4 rings (SSSR count). The first-order valence-corrected chi connectivity index (χ1v) is 10.9. The van der Waals surface area contributed by atoms with Gasteiger partial charge in [-0.1, -0.05) is 36.4 Å². The molecule has 0 N–H and O–H groups in total. The Labute approximate surface area is 204 Å². The third-order valence-electron chi connectivity index (χ3n) is 5.46. The topological polar surface area (TPSA) is 132 Å². The van der Waals surface area contributed by atoms with Crippen LogP contribution in [0.5, 0.6) is 0 Å². The van der Waals surface area contributed by atoms with E-state index in [2.05, 4.69) is 0 Å². The van der Waals surface area contributed by atoms with E-state index in [1.54, 1.807) is 36.4 Å². The Bertz CT molecular complexity index is 1380. The molecule has 4 unspecified atom stereocenters. The number of ether oxygens (including phenoxy) is 4. The van der Waals surface area contributed by atoms with E-state index in [4.69, 9.17) is 18.9 Å². The molecule has 0 amide bonds. The Morgan fingerprint density at radius 1 is 0.833 bits per heavy atom. The predicted octanol–water partition coefficient (Wildman–Crippen LogP) is 1.36. The smallest absolute Gasteiger partial charge is 0.340 e. The summed E-state index contributed by atoms with van der Waals surface area (Å²) < 4.78 is 23.4. The van der Waals surface area contributed by atoms with Crippen LogP contribution in [0, 0.1) is 0 Å². The van der Waals surface area contributed by atoms with E-state index in [9.17, 15) is 24.0 Å². The number of esters is 2. The van der Waals surface area contributed by atoms with Crippen LogP contribution in [0.1, 0.15) is 33.9 Å². The second-order valence-corrected chi connectivity index (χ2v) is 7.79. The molecule has 1 aliphatic heterocycles. The van der Waals surface area contributed by atoms with Crippen molar-refractivity contribution in [2.75, 3.05) is 7.11 Å². The Kier molecular flexibility index (Phi) is 7.23. The number of methoxy groups -OCH3 is 1. The van der Waals surface area contributed by atoms with Gasteiger partial charge in [-0.25, -0.2) is 9.59 Å². The van der Waals surface area contributed by atoms with Gasteiger partial charge < -0.3 is 18.9 Å². The van der Waals surface area contributed by atoms with Crippen molar-refractivity contribution in [3.63, 3.8) is 0 Å². The second-order valence-electron chi connectivity index (χ2n) is 7.79. The molecule has 4 atom stereocenters. The van der Waals surface area contributed by atoms with Gasteiger partial charge >= 0.3 is 17.6 Å². The SMILES string of the molecule is COC1C(OC(=O)c2ccccc2)C(OC(C)=O)OC1n1ccc(=O)n(C(=O)c2ccccc2)c1=O. The molecule has 0 radical (unpaired) electrons. The lowest BCUT2D eigenvalue weighted by Gasteiger charge is -2.23. The first-order chi connectivity index (χ1) is 17.3. The fourth-order valence-electron chi connectivity index (χ4n) is 3.81. The summed E-state index contributed by atoms with van der Waals surface area (Å²) in [5.74, 6) is -2.30. The minimum Gasteiger partial charge on any atom is -0.449 e. The van der Waals surface area contributed by atoms with Gasteiger partial charge in [-0.2, -0.15) is 4.57 Å². The summed E-state index contributed by atoms with van der Waals surface area (Å²) >= 11 is 0. The molecule has 2 aromatic carbocycles. The maximum absolute atomic E-state index is 13.3. The number of carbonyl (C=O) groups is 3. The molecule has 186 valence electrons. The molecular formula is C25H22N2O9. The minimum absolute atomic E-state index is 0.123. The molecule has 0 spiro atoms. The van der Waals surface area contributed by atoms with Gasteiger partial charge in [-0.3, -0.25) is 19.0 Å². The van der Waals surface area contributed by atoms with Gasteiger partial charge in [0.05, 0.1) is 5.56 Å². The molecule has 2 heterocycles. The number of nitrogens with zero attached hydrogens (tertiary/aromatic N) is 2. The maximum atomic E-state index is 13.3. The zero-order valence-corrected chi connectivity index (χ0v) is 19.3. The molecule has 11 nitrogen and oxygen atoms in total. The van der Waals surface area contributed by atoms with Gasteiger partial charge in [0, 0.05) is 31.9 Å². The first-order valence-electron chi connectivity index (χ1n) is 10.9. The highest BCUT2D eigenvalue weighted by atomic mass is 16.7. The summed E-state index contributed by atoms with van der Waals surface area (Å²) in [7, 11) is 1.29. The number of hydrogen-bond acceptors (Lipinski definition) is 9.